The van der Waals surface area contributed by atoms with Crippen LogP contribution in [-0.4, -0.2) is 50.6 Å². The van der Waals surface area contributed by atoms with Gasteiger partial charge in [-0.3, -0.25) is 0 Å². The summed E-state index contributed by atoms with van der Waals surface area (Å²) < 4.78 is 31.5. The Morgan fingerprint density at radius 1 is 1.29 bits per heavy atom. The van der Waals surface area contributed by atoms with E-state index in [1.165, 1.54) is 17.5 Å². The number of carboxylic acid groups (broad SMARTS) is 1. The molecule has 0 saturated heterocycles. The lowest BCUT2D eigenvalue weighted by Gasteiger charge is -2.21. The molecular weight excluding hydrogens is 294 g/mol. The van der Waals surface area contributed by atoms with Crippen LogP contribution in [0, 0.1) is 13.8 Å². The molecule has 1 rings (SSSR count). The summed E-state index contributed by atoms with van der Waals surface area (Å²) in [5.74, 6) is -1.14. The summed E-state index contributed by atoms with van der Waals surface area (Å²) in [5, 5.41) is 9.16. The molecule has 0 aromatic heterocycles. The van der Waals surface area contributed by atoms with Crippen LogP contribution in [-0.2, 0) is 14.8 Å². The first kappa shape index (κ1) is 17.6. The lowest BCUT2D eigenvalue weighted by Crippen LogP contribution is -2.34. The predicted molar refractivity (Wildman–Crippen MR) is 79.2 cm³/mol. The van der Waals surface area contributed by atoms with Gasteiger partial charge in [-0.1, -0.05) is 13.0 Å². The topological polar surface area (TPSA) is 83.9 Å². The van der Waals surface area contributed by atoms with Gasteiger partial charge in [0.1, 0.15) is 0 Å². The van der Waals surface area contributed by atoms with E-state index in [9.17, 15) is 13.2 Å². The third-order valence-electron chi connectivity index (χ3n) is 3.27. The van der Waals surface area contributed by atoms with Crippen molar-refractivity contribution in [1.29, 1.82) is 0 Å². The van der Waals surface area contributed by atoms with Crippen molar-refractivity contribution in [2.24, 2.45) is 0 Å². The fourth-order valence-corrected chi connectivity index (χ4v) is 3.79. The first-order valence-corrected chi connectivity index (χ1v) is 8.03. The Hall–Kier alpha value is -1.44. The summed E-state index contributed by atoms with van der Waals surface area (Å²) in [4.78, 5) is 11.2. The molecule has 0 unspecified atom stereocenters. The smallest absolute Gasteiger partial charge is 0.335 e. The van der Waals surface area contributed by atoms with Crippen LogP contribution >= 0.6 is 0 Å². The predicted octanol–water partition coefficient (Wildman–Crippen LogP) is 1.66. The van der Waals surface area contributed by atoms with E-state index in [-0.39, 0.29) is 23.6 Å². The van der Waals surface area contributed by atoms with E-state index in [1.54, 1.807) is 26.8 Å². The average molecular weight is 315 g/mol. The Kier molecular flexibility index (Phi) is 5.88. The maximum absolute atomic E-state index is 12.7. The molecule has 0 bridgehead atoms. The number of carbonyl (C=O) groups is 1. The molecule has 1 N–H and O–H groups in total. The van der Waals surface area contributed by atoms with Crippen molar-refractivity contribution in [3.8, 4) is 0 Å². The van der Waals surface area contributed by atoms with Crippen molar-refractivity contribution >= 4 is 16.0 Å². The third kappa shape index (κ3) is 3.81. The first-order valence-electron chi connectivity index (χ1n) is 6.59. The zero-order valence-corrected chi connectivity index (χ0v) is 13.5. The molecule has 0 aliphatic heterocycles. The van der Waals surface area contributed by atoms with Crippen molar-refractivity contribution in [1.82, 2.24) is 4.31 Å². The van der Waals surface area contributed by atoms with Crippen molar-refractivity contribution < 1.29 is 23.1 Å². The van der Waals surface area contributed by atoms with Crippen LogP contribution < -0.4 is 0 Å². The van der Waals surface area contributed by atoms with Gasteiger partial charge in [0.25, 0.3) is 0 Å². The second-order valence-corrected chi connectivity index (χ2v) is 6.63. The zero-order valence-electron chi connectivity index (χ0n) is 12.7. The van der Waals surface area contributed by atoms with Crippen LogP contribution in [0.2, 0.25) is 0 Å². The number of benzene rings is 1. The van der Waals surface area contributed by atoms with E-state index < -0.39 is 16.0 Å². The molecule has 1 aromatic carbocycles. The minimum atomic E-state index is -3.74. The molecule has 0 radical (unpaired) electrons. The van der Waals surface area contributed by atoms with Gasteiger partial charge in [0.2, 0.25) is 10.0 Å². The van der Waals surface area contributed by atoms with Gasteiger partial charge >= 0.3 is 5.97 Å². The van der Waals surface area contributed by atoms with Gasteiger partial charge < -0.3 is 9.84 Å². The second kappa shape index (κ2) is 7.02. The Morgan fingerprint density at radius 3 is 2.38 bits per heavy atom. The van der Waals surface area contributed by atoms with E-state index >= 15 is 0 Å². The highest BCUT2D eigenvalue weighted by Gasteiger charge is 2.26. The van der Waals surface area contributed by atoms with Gasteiger partial charge in [0, 0.05) is 20.2 Å². The zero-order chi connectivity index (χ0) is 16.2. The SMILES string of the molecule is CCN(CCOC)S(=O)(=O)c1cc(C(=O)O)c(C)cc1C. The molecule has 0 saturated carbocycles. The van der Waals surface area contributed by atoms with Gasteiger partial charge in [0.05, 0.1) is 17.1 Å². The van der Waals surface area contributed by atoms with Gasteiger partial charge in [-0.2, -0.15) is 4.31 Å². The number of likely N-dealkylation sites (N-methyl/N-ethyl adjacent to an activating group) is 1. The van der Waals surface area contributed by atoms with Gasteiger partial charge in [-0.05, 0) is 31.0 Å². The highest BCUT2D eigenvalue weighted by molar-refractivity contribution is 7.89. The van der Waals surface area contributed by atoms with Crippen molar-refractivity contribution in [3.63, 3.8) is 0 Å². The van der Waals surface area contributed by atoms with Crippen LogP contribution in [0.4, 0.5) is 0 Å². The average Bonchev–Trinajstić information content (AvgIpc) is 2.38. The number of aromatic carboxylic acids is 1. The molecule has 21 heavy (non-hydrogen) atoms. The number of hydrogen-bond donors (Lipinski definition) is 1. The molecule has 0 amide bonds. The lowest BCUT2D eigenvalue weighted by atomic mass is 10.1. The maximum Gasteiger partial charge on any atom is 0.335 e. The van der Waals surface area contributed by atoms with E-state index in [2.05, 4.69) is 0 Å². The Labute approximate surface area is 125 Å². The molecule has 6 nitrogen and oxygen atoms in total. The summed E-state index contributed by atoms with van der Waals surface area (Å²) in [5.41, 5.74) is 1.08. The molecule has 0 spiro atoms. The van der Waals surface area contributed by atoms with Crippen molar-refractivity contribution in [3.05, 3.63) is 28.8 Å². The minimum absolute atomic E-state index is 0.00182. The monoisotopic (exact) mass is 315 g/mol. The van der Waals surface area contributed by atoms with Gasteiger partial charge in [0.15, 0.2) is 0 Å². The summed E-state index contributed by atoms with van der Waals surface area (Å²) >= 11 is 0. The molecule has 118 valence electrons. The van der Waals surface area contributed by atoms with E-state index in [4.69, 9.17) is 9.84 Å². The number of rotatable bonds is 7. The summed E-state index contributed by atoms with van der Waals surface area (Å²) in [7, 11) is -2.24. The summed E-state index contributed by atoms with van der Waals surface area (Å²) in [6, 6.07) is 2.82. The molecule has 0 aliphatic rings. The Bertz CT molecular complexity index is 624. The molecular formula is C14H21NO5S. The number of sulfonamides is 1. The molecule has 0 fully saturated rings. The van der Waals surface area contributed by atoms with E-state index in [0.29, 0.717) is 17.7 Å². The number of hydrogen-bond acceptors (Lipinski definition) is 4. The van der Waals surface area contributed by atoms with Crippen molar-refractivity contribution in [2.45, 2.75) is 25.7 Å². The minimum Gasteiger partial charge on any atom is -0.478 e. The number of methoxy groups -OCH3 is 1. The fourth-order valence-electron chi connectivity index (χ4n) is 2.12. The fraction of sp³-hybridized carbons (Fsp3) is 0.500. The highest BCUT2D eigenvalue weighted by Crippen LogP contribution is 2.23. The lowest BCUT2D eigenvalue weighted by molar-refractivity contribution is 0.0696. The van der Waals surface area contributed by atoms with Crippen LogP contribution in [0.25, 0.3) is 0 Å². The van der Waals surface area contributed by atoms with Crippen LogP contribution in [0.3, 0.4) is 0 Å². The number of nitrogens with zero attached hydrogens (tertiary/aromatic N) is 1. The van der Waals surface area contributed by atoms with Crippen LogP contribution in [0.15, 0.2) is 17.0 Å². The van der Waals surface area contributed by atoms with Crippen molar-refractivity contribution in [2.75, 3.05) is 26.8 Å². The maximum atomic E-state index is 12.7. The number of ether oxygens (including phenoxy) is 1. The Morgan fingerprint density at radius 2 is 1.90 bits per heavy atom. The quantitative estimate of drug-likeness (QED) is 0.827. The molecule has 7 heteroatoms. The highest BCUT2D eigenvalue weighted by atomic mass is 32.2. The van der Waals surface area contributed by atoms with Gasteiger partial charge in [-0.25, -0.2) is 13.2 Å². The normalized spacial score (nSPS) is 11.9. The molecule has 1 aromatic rings. The molecule has 0 heterocycles. The molecule has 0 atom stereocenters. The summed E-state index contributed by atoms with van der Waals surface area (Å²) in [6.45, 7) is 5.84. The van der Waals surface area contributed by atoms with E-state index in [1.807, 2.05) is 0 Å². The Balaban J connectivity index is 3.36. The molecule has 0 aliphatic carbocycles. The van der Waals surface area contributed by atoms with Gasteiger partial charge in [-0.15, -0.1) is 0 Å². The first-order chi connectivity index (χ1) is 9.75. The van der Waals surface area contributed by atoms with Crippen LogP contribution in [0.1, 0.15) is 28.4 Å². The number of aryl methyl sites for hydroxylation is 2. The van der Waals surface area contributed by atoms with Crippen LogP contribution in [0.5, 0.6) is 0 Å². The number of carboxylic acids is 1. The summed E-state index contributed by atoms with van der Waals surface area (Å²) in [6.07, 6.45) is 0. The third-order valence-corrected chi connectivity index (χ3v) is 5.38. The van der Waals surface area contributed by atoms with E-state index in [0.717, 1.165) is 0 Å². The second-order valence-electron chi connectivity index (χ2n) is 4.73. The standard InChI is InChI=1S/C14H21NO5S/c1-5-15(6-7-20-4)21(18,19)13-9-12(14(16)17)10(2)8-11(13)3/h8-9H,5-7H2,1-4H3,(H,16,17). The largest absolute Gasteiger partial charge is 0.478 e.